The van der Waals surface area contributed by atoms with Crippen LogP contribution in [0.15, 0.2) is 57.9 Å². The van der Waals surface area contributed by atoms with Gasteiger partial charge in [-0.1, -0.05) is 40.2 Å². The Morgan fingerprint density at radius 3 is 2.52 bits per heavy atom. The van der Waals surface area contributed by atoms with Crippen molar-refractivity contribution in [1.82, 2.24) is 10.2 Å². The van der Waals surface area contributed by atoms with Crippen molar-refractivity contribution in [2.24, 2.45) is 0 Å². The molecule has 1 saturated heterocycles. The first-order chi connectivity index (χ1) is 12.8. The molecule has 1 unspecified atom stereocenters. The highest BCUT2D eigenvalue weighted by Gasteiger charge is 2.55. The maximum absolute atomic E-state index is 13.0. The second-order valence-electron chi connectivity index (χ2n) is 6.72. The van der Waals surface area contributed by atoms with Gasteiger partial charge in [-0.2, -0.15) is 0 Å². The summed E-state index contributed by atoms with van der Waals surface area (Å²) in [5.74, 6) is -0.686. The maximum Gasteiger partial charge on any atom is 0.325 e. The van der Waals surface area contributed by atoms with Crippen LogP contribution in [0.4, 0.5) is 4.79 Å². The normalized spacial score (nSPS) is 21.6. The Hall–Kier alpha value is -2.19. The van der Waals surface area contributed by atoms with Crippen LogP contribution < -0.4 is 5.32 Å². The van der Waals surface area contributed by atoms with Gasteiger partial charge in [-0.25, -0.2) is 13.2 Å². The number of aryl methyl sites for hydroxylation is 1. The summed E-state index contributed by atoms with van der Waals surface area (Å²) in [6.45, 7) is -0.174. The van der Waals surface area contributed by atoms with Crippen LogP contribution in [-0.2, 0) is 26.6 Å². The number of benzene rings is 2. The molecule has 27 heavy (non-hydrogen) atoms. The van der Waals surface area contributed by atoms with Crippen LogP contribution in [0.2, 0.25) is 0 Å². The third-order valence-electron chi connectivity index (χ3n) is 5.18. The van der Waals surface area contributed by atoms with E-state index in [1.54, 1.807) is 12.1 Å². The number of fused-ring (bicyclic) bond motifs is 2. The van der Waals surface area contributed by atoms with Gasteiger partial charge in [-0.3, -0.25) is 9.69 Å². The lowest BCUT2D eigenvalue weighted by Gasteiger charge is -2.22. The molecule has 2 aromatic rings. The summed E-state index contributed by atoms with van der Waals surface area (Å²) < 4.78 is 25.9. The first-order valence-electron chi connectivity index (χ1n) is 8.54. The van der Waals surface area contributed by atoms with Gasteiger partial charge in [0.25, 0.3) is 5.91 Å². The zero-order valence-corrected chi connectivity index (χ0v) is 16.7. The smallest absolute Gasteiger partial charge is 0.319 e. The Balaban J connectivity index is 1.55. The Kier molecular flexibility index (Phi) is 4.35. The van der Waals surface area contributed by atoms with Crippen molar-refractivity contribution < 1.29 is 18.0 Å². The van der Waals surface area contributed by atoms with E-state index in [1.165, 1.54) is 12.1 Å². The monoisotopic (exact) mass is 448 g/mol. The highest BCUT2D eigenvalue weighted by molar-refractivity contribution is 9.10. The molecule has 140 valence electrons. The molecule has 0 radical (unpaired) electrons. The van der Waals surface area contributed by atoms with Crippen molar-refractivity contribution in [3.05, 3.63) is 64.1 Å². The summed E-state index contributed by atoms with van der Waals surface area (Å²) in [5.41, 5.74) is 0.784. The van der Waals surface area contributed by atoms with Crippen molar-refractivity contribution in [3.8, 4) is 0 Å². The third kappa shape index (κ3) is 2.96. The lowest BCUT2D eigenvalue weighted by molar-refractivity contribution is -0.131. The number of nitrogens with one attached hydrogen (secondary N) is 1. The molecular weight excluding hydrogens is 432 g/mol. The number of rotatable bonds is 4. The van der Waals surface area contributed by atoms with E-state index in [0.29, 0.717) is 12.8 Å². The fraction of sp³-hybridized carbons (Fsp3) is 0.263. The van der Waals surface area contributed by atoms with Crippen LogP contribution in [0.3, 0.4) is 0 Å². The van der Waals surface area contributed by atoms with Crippen LogP contribution in [0.5, 0.6) is 0 Å². The van der Waals surface area contributed by atoms with E-state index in [1.807, 2.05) is 24.3 Å². The minimum atomic E-state index is -3.60. The molecule has 8 heteroatoms. The molecule has 0 aromatic heterocycles. The van der Waals surface area contributed by atoms with Gasteiger partial charge in [0, 0.05) is 11.0 Å². The summed E-state index contributed by atoms with van der Waals surface area (Å²) in [7, 11) is -3.60. The molecule has 6 nitrogen and oxygen atoms in total. The molecule has 0 bridgehead atoms. The molecule has 1 aliphatic carbocycles. The number of nitrogens with zero attached hydrogens (tertiary/aromatic N) is 1. The maximum atomic E-state index is 13.0. The van der Waals surface area contributed by atoms with Crippen LogP contribution in [0.25, 0.3) is 0 Å². The van der Waals surface area contributed by atoms with Gasteiger partial charge in [0.1, 0.15) is 5.54 Å². The Bertz CT molecular complexity index is 1040. The van der Waals surface area contributed by atoms with Gasteiger partial charge in [-0.15, -0.1) is 0 Å². The van der Waals surface area contributed by atoms with E-state index >= 15 is 0 Å². The molecule has 0 saturated carbocycles. The van der Waals surface area contributed by atoms with E-state index in [9.17, 15) is 18.0 Å². The molecule has 1 fully saturated rings. The predicted octanol–water partition coefficient (Wildman–Crippen LogP) is 2.62. The minimum Gasteiger partial charge on any atom is -0.319 e. The van der Waals surface area contributed by atoms with E-state index in [2.05, 4.69) is 21.2 Å². The summed E-state index contributed by atoms with van der Waals surface area (Å²) >= 11 is 3.27. The van der Waals surface area contributed by atoms with Gasteiger partial charge in [-0.05, 0) is 48.2 Å². The molecule has 1 spiro atoms. The zero-order valence-electron chi connectivity index (χ0n) is 14.3. The summed E-state index contributed by atoms with van der Waals surface area (Å²) in [6.07, 6.45) is 1.19. The molecule has 3 amide bonds. The highest BCUT2D eigenvalue weighted by atomic mass is 79.9. The van der Waals surface area contributed by atoms with Gasteiger partial charge in [0.2, 0.25) is 0 Å². The number of amides is 3. The average molecular weight is 449 g/mol. The van der Waals surface area contributed by atoms with Crippen molar-refractivity contribution >= 4 is 37.7 Å². The van der Waals surface area contributed by atoms with Crippen LogP contribution in [0.1, 0.15) is 17.5 Å². The number of carbonyl (C=O) groups is 2. The lowest BCUT2D eigenvalue weighted by atomic mass is 9.92. The topological polar surface area (TPSA) is 83.6 Å². The van der Waals surface area contributed by atoms with Crippen LogP contribution >= 0.6 is 15.9 Å². The largest absolute Gasteiger partial charge is 0.325 e. The number of carbonyl (C=O) groups excluding carboxylic acids is 2. The molecular formula is C19H17BrN2O4S. The fourth-order valence-corrected chi connectivity index (χ4v) is 5.24. The summed E-state index contributed by atoms with van der Waals surface area (Å²) in [4.78, 5) is 26.7. The Morgan fingerprint density at radius 1 is 1.07 bits per heavy atom. The van der Waals surface area contributed by atoms with Crippen molar-refractivity contribution in [2.75, 3.05) is 12.3 Å². The molecule has 1 heterocycles. The first-order valence-corrected chi connectivity index (χ1v) is 11.0. The first kappa shape index (κ1) is 18.2. The summed E-state index contributed by atoms with van der Waals surface area (Å²) in [6, 6.07) is 13.3. The minimum absolute atomic E-state index is 0.165. The number of halogens is 1. The molecule has 2 aromatic carbocycles. The quantitative estimate of drug-likeness (QED) is 0.728. The van der Waals surface area contributed by atoms with Gasteiger partial charge >= 0.3 is 6.03 Å². The van der Waals surface area contributed by atoms with Crippen LogP contribution in [-0.4, -0.2) is 37.6 Å². The SMILES string of the molecule is O=C1NC2(CCc3ccccc32)C(=O)N1CCS(=O)(=O)c1ccc(Br)cc1. The van der Waals surface area contributed by atoms with E-state index in [0.717, 1.165) is 20.5 Å². The van der Waals surface area contributed by atoms with Crippen molar-refractivity contribution in [2.45, 2.75) is 23.3 Å². The number of hydrogen-bond acceptors (Lipinski definition) is 4. The Morgan fingerprint density at radius 2 is 1.78 bits per heavy atom. The lowest BCUT2D eigenvalue weighted by Crippen LogP contribution is -2.42. The number of urea groups is 1. The van der Waals surface area contributed by atoms with Gasteiger partial charge in [0.15, 0.2) is 9.84 Å². The van der Waals surface area contributed by atoms with Crippen molar-refractivity contribution in [3.63, 3.8) is 0 Å². The third-order valence-corrected chi connectivity index (χ3v) is 7.42. The van der Waals surface area contributed by atoms with Gasteiger partial charge < -0.3 is 5.32 Å². The van der Waals surface area contributed by atoms with E-state index in [4.69, 9.17) is 0 Å². The number of hydrogen-bond donors (Lipinski definition) is 1. The molecule has 1 aliphatic heterocycles. The van der Waals surface area contributed by atoms with Gasteiger partial charge in [0.05, 0.1) is 10.6 Å². The van der Waals surface area contributed by atoms with E-state index in [-0.39, 0.29) is 23.1 Å². The average Bonchev–Trinajstić information content (AvgIpc) is 3.13. The van der Waals surface area contributed by atoms with Crippen molar-refractivity contribution in [1.29, 1.82) is 0 Å². The molecule has 4 rings (SSSR count). The standard InChI is InChI=1S/C19H17BrN2O4S/c20-14-5-7-15(8-6-14)27(25,26)12-11-22-17(23)19(21-18(22)24)10-9-13-3-1-2-4-16(13)19/h1-8H,9-12H2,(H,21,24). The zero-order chi connectivity index (χ0) is 19.2. The fourth-order valence-electron chi connectivity index (χ4n) is 3.76. The molecule has 1 atom stereocenters. The van der Waals surface area contributed by atoms with Crippen LogP contribution in [0, 0.1) is 0 Å². The predicted molar refractivity (Wildman–Crippen MR) is 103 cm³/mol. The number of imide groups is 1. The Labute approximate surface area is 165 Å². The second-order valence-corrected chi connectivity index (χ2v) is 9.75. The second kappa shape index (κ2) is 6.45. The molecule has 1 N–H and O–H groups in total. The summed E-state index contributed by atoms with van der Waals surface area (Å²) in [5, 5.41) is 2.81. The molecule has 2 aliphatic rings. The highest BCUT2D eigenvalue weighted by Crippen LogP contribution is 2.41. The van der Waals surface area contributed by atoms with E-state index < -0.39 is 21.4 Å². The number of sulfone groups is 1.